The number of nitrogens with zero attached hydrogens (tertiary/aromatic N) is 3. The minimum atomic E-state index is -0.343. The van der Waals surface area contributed by atoms with Crippen molar-refractivity contribution in [2.24, 2.45) is 0 Å². The molecule has 2 aromatic rings. The summed E-state index contributed by atoms with van der Waals surface area (Å²) in [5.41, 5.74) is 0.602. The Hall–Kier alpha value is -2.87. The van der Waals surface area contributed by atoms with Crippen LogP contribution in [0.5, 0.6) is 5.75 Å². The van der Waals surface area contributed by atoms with Crippen molar-refractivity contribution in [2.45, 2.75) is 6.54 Å². The molecule has 1 aromatic heterocycles. The fourth-order valence-electron chi connectivity index (χ4n) is 2.52. The van der Waals surface area contributed by atoms with E-state index >= 15 is 0 Å². The molecule has 1 aliphatic rings. The Balaban J connectivity index is 1.57. The van der Waals surface area contributed by atoms with Crippen molar-refractivity contribution in [2.75, 3.05) is 43.6 Å². The van der Waals surface area contributed by atoms with Gasteiger partial charge in [-0.15, -0.1) is 0 Å². The van der Waals surface area contributed by atoms with Crippen molar-refractivity contribution < 1.29 is 14.3 Å². The molecule has 0 unspecified atom stereocenters. The smallest absolute Gasteiger partial charge is 0.319 e. The van der Waals surface area contributed by atoms with Gasteiger partial charge in [0.2, 0.25) is 0 Å². The van der Waals surface area contributed by atoms with Crippen LogP contribution in [0.25, 0.3) is 0 Å². The molecule has 1 aliphatic heterocycles. The van der Waals surface area contributed by atoms with E-state index in [0.717, 1.165) is 18.9 Å². The highest BCUT2D eigenvalue weighted by molar-refractivity contribution is 5.90. The molecule has 1 saturated heterocycles. The van der Waals surface area contributed by atoms with E-state index in [4.69, 9.17) is 9.47 Å². The first-order valence-electron chi connectivity index (χ1n) is 8.09. The number of methoxy groups -OCH3 is 1. The molecule has 8 nitrogen and oxygen atoms in total. The number of morpholine rings is 1. The monoisotopic (exact) mass is 343 g/mol. The molecule has 0 radical (unpaired) electrons. The van der Waals surface area contributed by atoms with Crippen LogP contribution in [-0.2, 0) is 11.3 Å². The summed E-state index contributed by atoms with van der Waals surface area (Å²) in [6.45, 7) is 3.23. The van der Waals surface area contributed by atoms with Gasteiger partial charge in [0.1, 0.15) is 17.4 Å². The molecule has 132 valence electrons. The maximum absolute atomic E-state index is 12.1. The van der Waals surface area contributed by atoms with Crippen LogP contribution in [0.1, 0.15) is 5.82 Å². The number of hydrogen-bond acceptors (Lipinski definition) is 6. The van der Waals surface area contributed by atoms with Crippen molar-refractivity contribution in [3.63, 3.8) is 0 Å². The molecule has 2 amide bonds. The second-order valence-electron chi connectivity index (χ2n) is 5.44. The van der Waals surface area contributed by atoms with Crippen molar-refractivity contribution in [3.8, 4) is 5.75 Å². The molecular weight excluding hydrogens is 322 g/mol. The number of amides is 2. The zero-order valence-electron chi connectivity index (χ0n) is 14.1. The number of ether oxygens (including phenoxy) is 2. The number of benzene rings is 1. The first kappa shape index (κ1) is 17.0. The molecule has 1 aromatic carbocycles. The molecule has 0 spiro atoms. The van der Waals surface area contributed by atoms with Crippen molar-refractivity contribution in [3.05, 3.63) is 42.4 Å². The van der Waals surface area contributed by atoms with E-state index in [-0.39, 0.29) is 12.6 Å². The summed E-state index contributed by atoms with van der Waals surface area (Å²) in [5.74, 6) is 2.00. The Morgan fingerprint density at radius 2 is 2.08 bits per heavy atom. The van der Waals surface area contributed by atoms with Crippen LogP contribution in [0.4, 0.5) is 16.3 Å². The SMILES string of the molecule is COc1ccccc1NC(=O)NCc1nccc(N2CCOCC2)n1. The van der Waals surface area contributed by atoms with Gasteiger partial charge >= 0.3 is 6.03 Å². The Bertz CT molecular complexity index is 719. The molecule has 0 atom stereocenters. The molecule has 0 saturated carbocycles. The molecule has 1 fully saturated rings. The lowest BCUT2D eigenvalue weighted by atomic mass is 10.3. The highest BCUT2D eigenvalue weighted by Crippen LogP contribution is 2.22. The van der Waals surface area contributed by atoms with Gasteiger partial charge < -0.3 is 25.0 Å². The maximum Gasteiger partial charge on any atom is 0.319 e. The Labute approximate surface area is 146 Å². The van der Waals surface area contributed by atoms with E-state index < -0.39 is 0 Å². The fourth-order valence-corrected chi connectivity index (χ4v) is 2.52. The lowest BCUT2D eigenvalue weighted by Gasteiger charge is -2.27. The molecule has 3 rings (SSSR count). The first-order chi connectivity index (χ1) is 12.3. The summed E-state index contributed by atoms with van der Waals surface area (Å²) in [6.07, 6.45) is 1.70. The van der Waals surface area contributed by atoms with Crippen LogP contribution in [0.3, 0.4) is 0 Å². The lowest BCUT2D eigenvalue weighted by Crippen LogP contribution is -2.37. The van der Waals surface area contributed by atoms with E-state index in [1.54, 1.807) is 25.4 Å². The van der Waals surface area contributed by atoms with Gasteiger partial charge in [-0.2, -0.15) is 0 Å². The summed E-state index contributed by atoms with van der Waals surface area (Å²) >= 11 is 0. The van der Waals surface area contributed by atoms with Gasteiger partial charge in [0.15, 0.2) is 0 Å². The standard InChI is InChI=1S/C17H21N5O3/c1-24-14-5-3-2-4-13(14)20-17(23)19-12-15-18-7-6-16(21-15)22-8-10-25-11-9-22/h2-7H,8-12H2,1H3,(H2,19,20,23). The quantitative estimate of drug-likeness (QED) is 0.858. The molecule has 2 heterocycles. The van der Waals surface area contributed by atoms with E-state index in [0.29, 0.717) is 30.5 Å². The predicted octanol–water partition coefficient (Wildman–Crippen LogP) is 1.64. The normalized spacial score (nSPS) is 14.0. The second kappa shape index (κ2) is 8.29. The molecule has 0 bridgehead atoms. The second-order valence-corrected chi connectivity index (χ2v) is 5.44. The van der Waals surface area contributed by atoms with Gasteiger partial charge in [0.05, 0.1) is 32.6 Å². The minimum Gasteiger partial charge on any atom is -0.495 e. The Morgan fingerprint density at radius 1 is 1.28 bits per heavy atom. The van der Waals surface area contributed by atoms with Crippen LogP contribution < -0.4 is 20.3 Å². The third-order valence-corrected chi connectivity index (χ3v) is 3.79. The molecular formula is C17H21N5O3. The molecule has 25 heavy (non-hydrogen) atoms. The predicted molar refractivity (Wildman–Crippen MR) is 93.9 cm³/mol. The number of hydrogen-bond donors (Lipinski definition) is 2. The summed E-state index contributed by atoms with van der Waals surface area (Å²) in [6, 6.07) is 8.74. The zero-order chi connectivity index (χ0) is 17.5. The van der Waals surface area contributed by atoms with Crippen LogP contribution in [0.15, 0.2) is 36.5 Å². The zero-order valence-corrected chi connectivity index (χ0v) is 14.1. The highest BCUT2D eigenvalue weighted by Gasteiger charge is 2.13. The van der Waals surface area contributed by atoms with E-state index in [9.17, 15) is 4.79 Å². The van der Waals surface area contributed by atoms with E-state index in [1.807, 2.05) is 18.2 Å². The molecule has 8 heteroatoms. The van der Waals surface area contributed by atoms with Gasteiger partial charge in [0.25, 0.3) is 0 Å². The number of aromatic nitrogens is 2. The molecule has 0 aliphatic carbocycles. The first-order valence-corrected chi connectivity index (χ1v) is 8.09. The maximum atomic E-state index is 12.1. The highest BCUT2D eigenvalue weighted by atomic mass is 16.5. The Kier molecular flexibility index (Phi) is 5.63. The van der Waals surface area contributed by atoms with Crippen LogP contribution >= 0.6 is 0 Å². The summed E-state index contributed by atoms with van der Waals surface area (Å²) in [7, 11) is 1.56. The van der Waals surface area contributed by atoms with Crippen LogP contribution in [0, 0.1) is 0 Å². The number of anilines is 2. The van der Waals surface area contributed by atoms with Gasteiger partial charge in [-0.3, -0.25) is 0 Å². The number of rotatable bonds is 5. The van der Waals surface area contributed by atoms with E-state index in [1.165, 1.54) is 0 Å². The Morgan fingerprint density at radius 3 is 2.88 bits per heavy atom. The van der Waals surface area contributed by atoms with Gasteiger partial charge in [0, 0.05) is 19.3 Å². The molecule has 2 N–H and O–H groups in total. The fraction of sp³-hybridized carbons (Fsp3) is 0.353. The third kappa shape index (κ3) is 4.57. The van der Waals surface area contributed by atoms with Gasteiger partial charge in [-0.25, -0.2) is 14.8 Å². The van der Waals surface area contributed by atoms with Crippen molar-refractivity contribution in [1.29, 1.82) is 0 Å². The van der Waals surface area contributed by atoms with Gasteiger partial charge in [-0.1, -0.05) is 12.1 Å². The summed E-state index contributed by atoms with van der Waals surface area (Å²) < 4.78 is 10.6. The van der Waals surface area contributed by atoms with E-state index in [2.05, 4.69) is 25.5 Å². The number of urea groups is 1. The average molecular weight is 343 g/mol. The topological polar surface area (TPSA) is 88.6 Å². The number of para-hydroxylation sites is 2. The minimum absolute atomic E-state index is 0.235. The summed E-state index contributed by atoms with van der Waals surface area (Å²) in [4.78, 5) is 22.9. The largest absolute Gasteiger partial charge is 0.495 e. The third-order valence-electron chi connectivity index (χ3n) is 3.79. The number of carbonyl (C=O) groups is 1. The van der Waals surface area contributed by atoms with Crippen molar-refractivity contribution >= 4 is 17.5 Å². The van der Waals surface area contributed by atoms with Crippen molar-refractivity contribution in [1.82, 2.24) is 15.3 Å². The average Bonchev–Trinajstić information content (AvgIpc) is 2.68. The number of nitrogens with one attached hydrogen (secondary N) is 2. The number of carbonyl (C=O) groups excluding carboxylic acids is 1. The van der Waals surface area contributed by atoms with Crippen LogP contribution in [0.2, 0.25) is 0 Å². The van der Waals surface area contributed by atoms with Gasteiger partial charge in [-0.05, 0) is 18.2 Å². The summed E-state index contributed by atoms with van der Waals surface area (Å²) in [5, 5.41) is 5.51. The van der Waals surface area contributed by atoms with Crippen LogP contribution in [-0.4, -0.2) is 49.4 Å². The lowest BCUT2D eigenvalue weighted by molar-refractivity contribution is 0.122.